The van der Waals surface area contributed by atoms with Crippen LogP contribution in [-0.4, -0.2) is 19.6 Å². The summed E-state index contributed by atoms with van der Waals surface area (Å²) in [5, 5.41) is 7.33. The third kappa shape index (κ3) is 3.04. The Bertz CT molecular complexity index is 1370. The van der Waals surface area contributed by atoms with Gasteiger partial charge in [-0.3, -0.25) is 19.8 Å². The number of hydrogen-bond acceptors (Lipinski definition) is 2. The summed E-state index contributed by atoms with van der Waals surface area (Å²) in [7, 11) is 0. The number of aromatic nitrogens is 4. The van der Waals surface area contributed by atoms with Crippen LogP contribution < -0.4 is 21.7 Å². The second kappa shape index (κ2) is 6.90. The van der Waals surface area contributed by atoms with Crippen LogP contribution in [0.25, 0.3) is 24.0 Å². The highest BCUT2D eigenvalue weighted by atomic mass is 35.5. The summed E-state index contributed by atoms with van der Waals surface area (Å²) >= 11 is 5.91. The molecule has 0 saturated carbocycles. The van der Waals surface area contributed by atoms with Crippen LogP contribution in [0.4, 0.5) is 0 Å². The van der Waals surface area contributed by atoms with E-state index in [-0.39, 0.29) is 11.1 Å². The zero-order chi connectivity index (χ0) is 19.8. The molecule has 2 heterocycles. The van der Waals surface area contributed by atoms with Gasteiger partial charge in [0, 0.05) is 10.7 Å². The fourth-order valence-corrected chi connectivity index (χ4v) is 3.18. The molecule has 6 nitrogen and oxygen atoms in total. The first-order valence-electron chi connectivity index (χ1n) is 8.60. The predicted molar refractivity (Wildman–Crippen MR) is 111 cm³/mol. The van der Waals surface area contributed by atoms with Crippen LogP contribution >= 0.6 is 11.6 Å². The van der Waals surface area contributed by atoms with Crippen LogP contribution in [0.5, 0.6) is 0 Å². The highest BCUT2D eigenvalue weighted by Gasteiger charge is 2.12. The van der Waals surface area contributed by atoms with Crippen LogP contribution in [-0.2, 0) is 0 Å². The molecule has 2 N–H and O–H groups in total. The van der Waals surface area contributed by atoms with Crippen LogP contribution in [0.15, 0.2) is 64.2 Å². The smallest absolute Gasteiger partial charge is 0.279 e. The molecule has 28 heavy (non-hydrogen) atoms. The summed E-state index contributed by atoms with van der Waals surface area (Å²) in [4.78, 5) is 25.8. The van der Waals surface area contributed by atoms with Gasteiger partial charge in [-0.2, -0.15) is 0 Å². The fraction of sp³-hybridized carbons (Fsp3) is 0.0476. The van der Waals surface area contributed by atoms with Gasteiger partial charge in [0.15, 0.2) is 0 Å². The zero-order valence-electron chi connectivity index (χ0n) is 15.1. The second-order valence-electron chi connectivity index (χ2n) is 6.39. The van der Waals surface area contributed by atoms with Crippen LogP contribution in [0.1, 0.15) is 11.3 Å². The third-order valence-electron chi connectivity index (χ3n) is 4.51. The van der Waals surface area contributed by atoms with Gasteiger partial charge in [-0.05, 0) is 49.4 Å². The van der Waals surface area contributed by atoms with Crippen molar-refractivity contribution in [1.82, 2.24) is 19.6 Å². The number of aromatic amines is 2. The van der Waals surface area contributed by atoms with Crippen molar-refractivity contribution in [3.63, 3.8) is 0 Å². The van der Waals surface area contributed by atoms with Crippen molar-refractivity contribution in [2.45, 2.75) is 6.92 Å². The van der Waals surface area contributed by atoms with Crippen LogP contribution in [0, 0.1) is 6.92 Å². The maximum absolute atomic E-state index is 12.9. The Hall–Kier alpha value is -3.51. The highest BCUT2D eigenvalue weighted by molar-refractivity contribution is 6.30. The van der Waals surface area contributed by atoms with E-state index in [0.717, 1.165) is 5.69 Å². The van der Waals surface area contributed by atoms with Crippen molar-refractivity contribution in [2.75, 3.05) is 0 Å². The van der Waals surface area contributed by atoms with Gasteiger partial charge < -0.3 is 0 Å². The molecule has 0 aliphatic carbocycles. The SMILES string of the molecule is C=c1[nH]n(-c2ccc(Cl)cc2)c(=O)c1=Cc1c(C)[nH]n(-c2ccccc2)c1=O. The Morgan fingerprint density at radius 1 is 0.893 bits per heavy atom. The molecular weight excluding hydrogens is 376 g/mol. The van der Waals surface area contributed by atoms with E-state index in [1.807, 2.05) is 30.3 Å². The molecule has 7 heteroatoms. The molecule has 0 aliphatic rings. The number of nitrogens with one attached hydrogen (secondary N) is 2. The topological polar surface area (TPSA) is 75.6 Å². The number of para-hydroxylation sites is 1. The number of aryl methyl sites for hydroxylation is 1. The lowest BCUT2D eigenvalue weighted by molar-refractivity contribution is 0.835. The van der Waals surface area contributed by atoms with E-state index < -0.39 is 0 Å². The number of benzene rings is 2. The average Bonchev–Trinajstić information content (AvgIpc) is 3.14. The molecular formula is C21H17ClN4O2. The van der Waals surface area contributed by atoms with Gasteiger partial charge in [0.2, 0.25) is 0 Å². The van der Waals surface area contributed by atoms with Gasteiger partial charge in [0.25, 0.3) is 11.1 Å². The van der Waals surface area contributed by atoms with E-state index in [0.29, 0.717) is 32.5 Å². The molecule has 2 aromatic carbocycles. The minimum Gasteiger partial charge on any atom is -0.295 e. The normalized spacial score (nSPS) is 11.9. The number of H-pyrrole nitrogens is 2. The van der Waals surface area contributed by atoms with Gasteiger partial charge in [-0.1, -0.05) is 36.4 Å². The van der Waals surface area contributed by atoms with Gasteiger partial charge >= 0.3 is 0 Å². The van der Waals surface area contributed by atoms with E-state index in [2.05, 4.69) is 16.8 Å². The van der Waals surface area contributed by atoms with Crippen molar-refractivity contribution < 1.29 is 0 Å². The molecule has 0 spiro atoms. The molecule has 0 aliphatic heterocycles. The number of rotatable bonds is 3. The lowest BCUT2D eigenvalue weighted by Crippen LogP contribution is -2.34. The maximum Gasteiger partial charge on any atom is 0.279 e. The van der Waals surface area contributed by atoms with Crippen molar-refractivity contribution in [2.24, 2.45) is 0 Å². The van der Waals surface area contributed by atoms with Crippen molar-refractivity contribution >= 4 is 24.3 Å². The molecule has 140 valence electrons. The summed E-state index contributed by atoms with van der Waals surface area (Å²) < 4.78 is 2.83. The summed E-state index contributed by atoms with van der Waals surface area (Å²) in [6, 6.07) is 16.1. The van der Waals surface area contributed by atoms with Gasteiger partial charge in [0.1, 0.15) is 0 Å². The molecule has 0 amide bonds. The maximum atomic E-state index is 12.9. The summed E-state index contributed by atoms with van der Waals surface area (Å²) in [5.41, 5.74) is 1.89. The predicted octanol–water partition coefficient (Wildman–Crippen LogP) is 1.85. The van der Waals surface area contributed by atoms with E-state index >= 15 is 0 Å². The van der Waals surface area contributed by atoms with Crippen molar-refractivity contribution in [3.8, 4) is 11.4 Å². The van der Waals surface area contributed by atoms with Gasteiger partial charge in [-0.25, -0.2) is 9.36 Å². The monoisotopic (exact) mass is 392 g/mol. The number of halogens is 1. The number of nitrogens with zero attached hydrogens (tertiary/aromatic N) is 2. The Morgan fingerprint density at radius 2 is 1.50 bits per heavy atom. The Kier molecular flexibility index (Phi) is 4.41. The Balaban J connectivity index is 1.89. The second-order valence-corrected chi connectivity index (χ2v) is 6.83. The molecule has 0 bridgehead atoms. The van der Waals surface area contributed by atoms with E-state index in [1.165, 1.54) is 9.36 Å². The molecule has 0 atom stereocenters. The molecule has 0 radical (unpaired) electrons. The van der Waals surface area contributed by atoms with Crippen molar-refractivity contribution in [3.05, 3.63) is 102 Å². The van der Waals surface area contributed by atoms with Crippen molar-refractivity contribution in [1.29, 1.82) is 0 Å². The quantitative estimate of drug-likeness (QED) is 0.558. The standard InChI is InChI=1S/C21H17ClN4O2/c1-13-18(20(27)25(23-13)16-6-4-3-5-7-16)12-19-14(2)24-26(21(19)28)17-10-8-15(22)9-11-17/h3-12,23-24H,2H2,1H3. The summed E-state index contributed by atoms with van der Waals surface area (Å²) in [5.74, 6) is 0. The molecule has 4 rings (SSSR count). The first-order valence-corrected chi connectivity index (χ1v) is 8.98. The molecule has 4 aromatic rings. The van der Waals surface area contributed by atoms with E-state index in [1.54, 1.807) is 37.3 Å². The first kappa shape index (κ1) is 17.9. The molecule has 0 unspecified atom stereocenters. The lowest BCUT2D eigenvalue weighted by Gasteiger charge is -2.00. The summed E-state index contributed by atoms with van der Waals surface area (Å²) in [6.45, 7) is 5.70. The first-order chi connectivity index (χ1) is 13.5. The fourth-order valence-electron chi connectivity index (χ4n) is 3.05. The largest absolute Gasteiger partial charge is 0.295 e. The molecule has 2 aromatic heterocycles. The number of hydrogen-bond donors (Lipinski definition) is 2. The Labute approximate surface area is 164 Å². The zero-order valence-corrected chi connectivity index (χ0v) is 15.8. The minimum atomic E-state index is -0.293. The average molecular weight is 393 g/mol. The van der Waals surface area contributed by atoms with Crippen LogP contribution in [0.2, 0.25) is 5.02 Å². The van der Waals surface area contributed by atoms with E-state index in [9.17, 15) is 9.59 Å². The molecule has 0 saturated heterocycles. The minimum absolute atomic E-state index is 0.234. The third-order valence-corrected chi connectivity index (χ3v) is 4.76. The summed E-state index contributed by atoms with van der Waals surface area (Å²) in [6.07, 6.45) is 1.57. The highest BCUT2D eigenvalue weighted by Crippen LogP contribution is 2.10. The Morgan fingerprint density at radius 3 is 2.18 bits per heavy atom. The van der Waals surface area contributed by atoms with Crippen LogP contribution in [0.3, 0.4) is 0 Å². The van der Waals surface area contributed by atoms with Gasteiger partial charge in [0.05, 0.1) is 27.5 Å². The van der Waals surface area contributed by atoms with E-state index in [4.69, 9.17) is 11.6 Å². The van der Waals surface area contributed by atoms with Gasteiger partial charge in [-0.15, -0.1) is 0 Å². The molecule has 0 fully saturated rings. The lowest BCUT2D eigenvalue weighted by atomic mass is 10.2.